The van der Waals surface area contributed by atoms with Gasteiger partial charge in [-0.05, 0) is 32.0 Å². The molecule has 0 amide bonds. The Morgan fingerprint density at radius 3 is 2.68 bits per heavy atom. The highest BCUT2D eigenvalue weighted by molar-refractivity contribution is 5.22. The summed E-state index contributed by atoms with van der Waals surface area (Å²) in [5.41, 5.74) is 0.0863. The molecule has 1 aromatic carbocycles. The number of benzene rings is 1. The fourth-order valence-electron chi connectivity index (χ4n) is 1.94. The minimum Gasteiger partial charge on any atom is -0.310 e. The largest absolute Gasteiger partial charge is 0.310 e. The quantitative estimate of drug-likeness (QED) is 0.816. The molecule has 19 heavy (non-hydrogen) atoms. The number of hydrogen-bond acceptors (Lipinski definition) is 3. The molecule has 4 nitrogen and oxygen atoms in total. The van der Waals surface area contributed by atoms with E-state index in [4.69, 9.17) is 0 Å². The number of nitrogens with one attached hydrogen (secondary N) is 1. The van der Waals surface area contributed by atoms with Crippen molar-refractivity contribution in [3.05, 3.63) is 47.8 Å². The van der Waals surface area contributed by atoms with Gasteiger partial charge in [-0.3, -0.25) is 4.68 Å². The van der Waals surface area contributed by atoms with E-state index in [9.17, 15) is 8.78 Å². The molecule has 0 spiro atoms. The van der Waals surface area contributed by atoms with Crippen LogP contribution in [0.5, 0.6) is 0 Å². The number of rotatable bonds is 6. The third-order valence-electron chi connectivity index (χ3n) is 2.92. The zero-order valence-electron chi connectivity index (χ0n) is 10.7. The zero-order chi connectivity index (χ0) is 13.7. The normalized spacial score (nSPS) is 12.6. The summed E-state index contributed by atoms with van der Waals surface area (Å²) in [5.74, 6) is -1.03. The Bertz CT molecular complexity index is 493. The number of aryl methyl sites for hydroxylation is 1. The van der Waals surface area contributed by atoms with Gasteiger partial charge in [-0.1, -0.05) is 11.3 Å². The molecule has 1 aromatic heterocycles. The highest BCUT2D eigenvalue weighted by Gasteiger charge is 2.14. The lowest BCUT2D eigenvalue weighted by Gasteiger charge is -2.15. The van der Waals surface area contributed by atoms with Crippen LogP contribution >= 0.6 is 0 Å². The minimum absolute atomic E-state index is 0.0863. The number of halogens is 2. The molecule has 0 fully saturated rings. The Kier molecular flexibility index (Phi) is 4.57. The zero-order valence-corrected chi connectivity index (χ0v) is 10.7. The van der Waals surface area contributed by atoms with E-state index in [2.05, 4.69) is 15.6 Å². The van der Waals surface area contributed by atoms with Gasteiger partial charge in [0.15, 0.2) is 0 Å². The van der Waals surface area contributed by atoms with E-state index < -0.39 is 11.6 Å². The first-order valence-electron chi connectivity index (χ1n) is 6.20. The van der Waals surface area contributed by atoms with Crippen molar-refractivity contribution in [3.8, 4) is 0 Å². The van der Waals surface area contributed by atoms with Gasteiger partial charge in [-0.15, -0.1) is 5.10 Å². The molecular weight excluding hydrogens is 250 g/mol. The van der Waals surface area contributed by atoms with E-state index in [-0.39, 0.29) is 11.6 Å². The van der Waals surface area contributed by atoms with Crippen LogP contribution in [0.4, 0.5) is 8.78 Å². The molecule has 2 rings (SSSR count). The van der Waals surface area contributed by atoms with Gasteiger partial charge in [0, 0.05) is 24.3 Å². The first-order valence-corrected chi connectivity index (χ1v) is 6.20. The van der Waals surface area contributed by atoms with Gasteiger partial charge >= 0.3 is 0 Å². The summed E-state index contributed by atoms with van der Waals surface area (Å²) in [5, 5.41) is 10.6. The Morgan fingerprint density at radius 2 is 2.05 bits per heavy atom. The lowest BCUT2D eigenvalue weighted by molar-refractivity contribution is 0.465. The van der Waals surface area contributed by atoms with Crippen LogP contribution in [-0.4, -0.2) is 21.5 Å². The van der Waals surface area contributed by atoms with Crippen LogP contribution in [0.3, 0.4) is 0 Å². The summed E-state index contributed by atoms with van der Waals surface area (Å²) in [4.78, 5) is 0. The van der Waals surface area contributed by atoms with Crippen molar-refractivity contribution in [3.63, 3.8) is 0 Å². The molecule has 1 heterocycles. The van der Waals surface area contributed by atoms with E-state index in [1.165, 1.54) is 18.2 Å². The average molecular weight is 266 g/mol. The summed E-state index contributed by atoms with van der Waals surface area (Å²) in [6.07, 6.45) is 4.20. The predicted octanol–water partition coefficient (Wildman–Crippen LogP) is 2.30. The maximum Gasteiger partial charge on any atom is 0.130 e. The molecule has 0 saturated carbocycles. The maximum absolute atomic E-state index is 13.5. The summed E-state index contributed by atoms with van der Waals surface area (Å²) in [7, 11) is 0. The Morgan fingerprint density at radius 1 is 1.32 bits per heavy atom. The molecule has 1 unspecified atom stereocenters. The van der Waals surface area contributed by atoms with Crippen molar-refractivity contribution in [1.82, 2.24) is 20.3 Å². The summed E-state index contributed by atoms with van der Waals surface area (Å²) in [6, 6.07) is 3.54. The van der Waals surface area contributed by atoms with Gasteiger partial charge in [0.2, 0.25) is 0 Å². The molecule has 0 aliphatic rings. The molecule has 0 bridgehead atoms. The third-order valence-corrected chi connectivity index (χ3v) is 2.92. The monoisotopic (exact) mass is 266 g/mol. The molecule has 2 aromatic rings. The Balaban J connectivity index is 1.82. The van der Waals surface area contributed by atoms with Gasteiger partial charge in [0.05, 0.1) is 6.20 Å². The summed E-state index contributed by atoms with van der Waals surface area (Å²) < 4.78 is 28.8. The fraction of sp³-hybridized carbons (Fsp3) is 0.385. The summed E-state index contributed by atoms with van der Waals surface area (Å²) >= 11 is 0. The highest BCUT2D eigenvalue weighted by Crippen LogP contribution is 2.19. The van der Waals surface area contributed by atoms with Gasteiger partial charge in [0.25, 0.3) is 0 Å². The predicted molar refractivity (Wildman–Crippen MR) is 67.4 cm³/mol. The van der Waals surface area contributed by atoms with Crippen molar-refractivity contribution >= 4 is 0 Å². The highest BCUT2D eigenvalue weighted by atomic mass is 19.1. The van der Waals surface area contributed by atoms with Crippen molar-refractivity contribution in [1.29, 1.82) is 0 Å². The molecule has 0 radical (unpaired) electrons. The van der Waals surface area contributed by atoms with E-state index >= 15 is 0 Å². The van der Waals surface area contributed by atoms with E-state index in [1.807, 2.05) is 0 Å². The Hall–Kier alpha value is -1.82. The fourth-order valence-corrected chi connectivity index (χ4v) is 1.94. The standard InChI is InChI=1S/C13H16F2N4/c1-10(13-11(14)4-2-5-12(13)15)16-6-3-8-19-9-7-17-18-19/h2,4-5,7,9-10,16H,3,6,8H2,1H3. The van der Waals surface area contributed by atoms with Crippen LogP contribution in [-0.2, 0) is 6.54 Å². The van der Waals surface area contributed by atoms with Gasteiger partial charge in [0.1, 0.15) is 11.6 Å². The van der Waals surface area contributed by atoms with Crippen LogP contribution in [0.25, 0.3) is 0 Å². The molecule has 0 saturated heterocycles. The topological polar surface area (TPSA) is 42.7 Å². The van der Waals surface area contributed by atoms with Crippen LogP contribution in [0.15, 0.2) is 30.6 Å². The molecule has 6 heteroatoms. The SMILES string of the molecule is CC(NCCCn1ccnn1)c1c(F)cccc1F. The van der Waals surface area contributed by atoms with Crippen molar-refractivity contribution in [2.45, 2.75) is 25.9 Å². The molecule has 0 aliphatic heterocycles. The van der Waals surface area contributed by atoms with Gasteiger partial charge < -0.3 is 5.32 Å². The number of nitrogens with zero attached hydrogens (tertiary/aromatic N) is 3. The van der Waals surface area contributed by atoms with Crippen molar-refractivity contribution in [2.75, 3.05) is 6.54 Å². The van der Waals surface area contributed by atoms with Gasteiger partial charge in [-0.2, -0.15) is 0 Å². The van der Waals surface area contributed by atoms with E-state index in [1.54, 1.807) is 24.0 Å². The van der Waals surface area contributed by atoms with Crippen LogP contribution < -0.4 is 5.32 Å². The van der Waals surface area contributed by atoms with Gasteiger partial charge in [-0.25, -0.2) is 8.78 Å². The second kappa shape index (κ2) is 6.38. The van der Waals surface area contributed by atoms with Crippen LogP contribution in [0.2, 0.25) is 0 Å². The van der Waals surface area contributed by atoms with Crippen LogP contribution in [0.1, 0.15) is 24.9 Å². The minimum atomic E-state index is -0.517. The second-order valence-electron chi connectivity index (χ2n) is 4.33. The molecule has 1 atom stereocenters. The Labute approximate surface area is 110 Å². The number of hydrogen-bond donors (Lipinski definition) is 1. The maximum atomic E-state index is 13.5. The van der Waals surface area contributed by atoms with Crippen LogP contribution in [0, 0.1) is 11.6 Å². The lowest BCUT2D eigenvalue weighted by atomic mass is 10.1. The van der Waals surface area contributed by atoms with E-state index in [0.29, 0.717) is 6.54 Å². The second-order valence-corrected chi connectivity index (χ2v) is 4.33. The van der Waals surface area contributed by atoms with Crippen molar-refractivity contribution in [2.24, 2.45) is 0 Å². The molecular formula is C13H16F2N4. The third kappa shape index (κ3) is 3.57. The molecule has 0 aliphatic carbocycles. The molecule has 102 valence electrons. The first-order chi connectivity index (χ1) is 9.18. The van der Waals surface area contributed by atoms with E-state index in [0.717, 1.165) is 13.0 Å². The first kappa shape index (κ1) is 13.6. The average Bonchev–Trinajstić information content (AvgIpc) is 2.87. The summed E-state index contributed by atoms with van der Waals surface area (Å²) in [6.45, 7) is 3.12. The number of aromatic nitrogens is 3. The smallest absolute Gasteiger partial charge is 0.130 e. The lowest BCUT2D eigenvalue weighted by Crippen LogP contribution is -2.23. The van der Waals surface area contributed by atoms with Crippen molar-refractivity contribution < 1.29 is 8.78 Å². The molecule has 1 N–H and O–H groups in total.